The second kappa shape index (κ2) is 11.9. The highest BCUT2D eigenvalue weighted by molar-refractivity contribution is 5.43. The summed E-state index contributed by atoms with van der Waals surface area (Å²) in [6.45, 7) is 7.99. The van der Waals surface area contributed by atoms with Gasteiger partial charge in [0.25, 0.3) is 0 Å². The van der Waals surface area contributed by atoms with Crippen molar-refractivity contribution in [1.29, 1.82) is 0 Å². The molecule has 3 rings (SSSR count). The molecule has 1 atom stereocenters. The number of aliphatic hydroxyl groups excluding tert-OH is 1. The summed E-state index contributed by atoms with van der Waals surface area (Å²) in [6, 6.07) is 11.9. The number of hydrogen-bond donors (Lipinski definition) is 1. The molecular weight excluding hydrogens is 424 g/mol. The summed E-state index contributed by atoms with van der Waals surface area (Å²) < 4.78 is 35.1. The molecule has 0 aliphatic heterocycles. The van der Waals surface area contributed by atoms with Crippen molar-refractivity contribution in [3.05, 3.63) is 71.4 Å². The molecule has 2 aromatic carbocycles. The molecule has 7 heteroatoms. The van der Waals surface area contributed by atoms with E-state index in [4.69, 9.17) is 4.74 Å². The Morgan fingerprint density at radius 2 is 1.82 bits per heavy atom. The van der Waals surface area contributed by atoms with Gasteiger partial charge in [-0.2, -0.15) is 5.10 Å². The fourth-order valence-corrected chi connectivity index (χ4v) is 3.83. The molecule has 0 spiro atoms. The second-order valence-electron chi connectivity index (χ2n) is 8.35. The van der Waals surface area contributed by atoms with Crippen LogP contribution in [0.3, 0.4) is 0 Å². The zero-order chi connectivity index (χ0) is 23.8. The molecule has 1 N–H and O–H groups in total. The maximum absolute atomic E-state index is 13.8. The lowest BCUT2D eigenvalue weighted by Crippen LogP contribution is -2.33. The largest absolute Gasteiger partial charge is 0.438 e. The smallest absolute Gasteiger partial charge is 0.227 e. The molecule has 0 saturated heterocycles. The van der Waals surface area contributed by atoms with E-state index in [-0.39, 0.29) is 5.82 Å². The number of hydrogen-bond acceptors (Lipinski definition) is 4. The highest BCUT2D eigenvalue weighted by Crippen LogP contribution is 2.32. The predicted molar refractivity (Wildman–Crippen MR) is 126 cm³/mol. The normalized spacial score (nSPS) is 12.3. The molecule has 33 heavy (non-hydrogen) atoms. The van der Waals surface area contributed by atoms with Crippen LogP contribution in [0.15, 0.2) is 48.5 Å². The van der Waals surface area contributed by atoms with Crippen molar-refractivity contribution < 1.29 is 18.6 Å². The van der Waals surface area contributed by atoms with Crippen molar-refractivity contribution in [2.45, 2.75) is 59.1 Å². The summed E-state index contributed by atoms with van der Waals surface area (Å²) in [5.41, 5.74) is 2.25. The maximum Gasteiger partial charge on any atom is 0.227 e. The first-order valence-corrected chi connectivity index (χ1v) is 11.6. The number of halogens is 2. The van der Waals surface area contributed by atoms with Crippen LogP contribution < -0.4 is 4.74 Å². The molecule has 3 aromatic rings. The van der Waals surface area contributed by atoms with Crippen LogP contribution in [-0.2, 0) is 6.54 Å². The lowest BCUT2D eigenvalue weighted by Gasteiger charge is -2.25. The summed E-state index contributed by atoms with van der Waals surface area (Å²) in [4.78, 5) is 2.19. The summed E-state index contributed by atoms with van der Waals surface area (Å²) in [7, 11) is 0. The standard InChI is InChI=1S/C26H33F2N3O2/c1-4-6-9-23(32)17-30(15-5-2)18-25-19(3)29-31(22-13-11-20(27)12-14-22)26(25)33-24-10-7-8-21(28)16-24/h7-8,10-14,16,23,32H,4-6,9,15,17-18H2,1-3H3. The van der Waals surface area contributed by atoms with Gasteiger partial charge in [0.05, 0.1) is 23.0 Å². The van der Waals surface area contributed by atoms with Gasteiger partial charge in [-0.05, 0) is 62.7 Å². The van der Waals surface area contributed by atoms with E-state index in [1.807, 2.05) is 6.92 Å². The van der Waals surface area contributed by atoms with Gasteiger partial charge < -0.3 is 9.84 Å². The molecule has 0 amide bonds. The monoisotopic (exact) mass is 457 g/mol. The molecule has 0 aliphatic carbocycles. The molecule has 1 aromatic heterocycles. The van der Waals surface area contributed by atoms with Crippen molar-refractivity contribution in [1.82, 2.24) is 14.7 Å². The van der Waals surface area contributed by atoms with Crippen LogP contribution in [0.1, 0.15) is 50.8 Å². The molecule has 178 valence electrons. The Labute approximate surface area is 194 Å². The first kappa shape index (κ1) is 24.9. The molecule has 1 unspecified atom stereocenters. The van der Waals surface area contributed by atoms with Crippen LogP contribution in [0.2, 0.25) is 0 Å². The average Bonchev–Trinajstić information content (AvgIpc) is 3.08. The third kappa shape index (κ3) is 6.85. The topological polar surface area (TPSA) is 50.5 Å². The van der Waals surface area contributed by atoms with Crippen molar-refractivity contribution >= 4 is 0 Å². The highest BCUT2D eigenvalue weighted by atomic mass is 19.1. The highest BCUT2D eigenvalue weighted by Gasteiger charge is 2.22. The Balaban J connectivity index is 1.97. The van der Waals surface area contributed by atoms with E-state index in [1.165, 1.54) is 24.3 Å². The van der Waals surface area contributed by atoms with Gasteiger partial charge in [0.1, 0.15) is 17.4 Å². The SMILES string of the molecule is CCCCC(O)CN(CCC)Cc1c(C)nn(-c2ccc(F)cc2)c1Oc1cccc(F)c1. The van der Waals surface area contributed by atoms with E-state index in [2.05, 4.69) is 23.8 Å². The van der Waals surface area contributed by atoms with Gasteiger partial charge in [0.2, 0.25) is 5.88 Å². The third-order valence-electron chi connectivity index (χ3n) is 5.50. The number of aliphatic hydroxyl groups is 1. The Bertz CT molecular complexity index is 1020. The van der Waals surface area contributed by atoms with Crippen molar-refractivity contribution in [3.8, 4) is 17.3 Å². The van der Waals surface area contributed by atoms with Gasteiger partial charge in [0, 0.05) is 19.2 Å². The van der Waals surface area contributed by atoms with Crippen LogP contribution >= 0.6 is 0 Å². The molecule has 0 saturated carbocycles. The van der Waals surface area contributed by atoms with Crippen molar-refractivity contribution in [2.24, 2.45) is 0 Å². The van der Waals surface area contributed by atoms with E-state index in [1.54, 1.807) is 28.9 Å². The first-order chi connectivity index (χ1) is 15.9. The molecule has 0 bridgehead atoms. The fraction of sp³-hybridized carbons (Fsp3) is 0.423. The van der Waals surface area contributed by atoms with E-state index in [0.717, 1.165) is 43.5 Å². The van der Waals surface area contributed by atoms with Gasteiger partial charge in [-0.1, -0.05) is 32.8 Å². The maximum atomic E-state index is 13.8. The Hall–Kier alpha value is -2.77. The van der Waals surface area contributed by atoms with E-state index in [0.29, 0.717) is 30.4 Å². The van der Waals surface area contributed by atoms with Gasteiger partial charge in [-0.15, -0.1) is 0 Å². The minimum Gasteiger partial charge on any atom is -0.438 e. The van der Waals surface area contributed by atoms with Gasteiger partial charge in [0.15, 0.2) is 0 Å². The summed E-state index contributed by atoms with van der Waals surface area (Å²) in [6.07, 6.45) is 3.32. The van der Waals surface area contributed by atoms with Crippen molar-refractivity contribution in [3.63, 3.8) is 0 Å². The number of nitrogens with zero attached hydrogens (tertiary/aromatic N) is 3. The molecule has 0 radical (unpaired) electrons. The van der Waals surface area contributed by atoms with Gasteiger partial charge >= 0.3 is 0 Å². The molecule has 0 aliphatic rings. The van der Waals surface area contributed by atoms with Crippen LogP contribution in [0.5, 0.6) is 11.6 Å². The second-order valence-corrected chi connectivity index (χ2v) is 8.35. The molecule has 1 heterocycles. The fourth-order valence-electron chi connectivity index (χ4n) is 3.83. The number of ether oxygens (including phenoxy) is 1. The zero-order valence-electron chi connectivity index (χ0n) is 19.6. The predicted octanol–water partition coefficient (Wildman–Crippen LogP) is 6.01. The molecular formula is C26H33F2N3O2. The van der Waals surface area contributed by atoms with Crippen LogP contribution in [0, 0.1) is 18.6 Å². The van der Waals surface area contributed by atoms with Crippen molar-refractivity contribution in [2.75, 3.05) is 13.1 Å². The Kier molecular flexibility index (Phi) is 8.97. The zero-order valence-corrected chi connectivity index (χ0v) is 19.6. The summed E-state index contributed by atoms with van der Waals surface area (Å²) in [5.74, 6) is 0.0642. The summed E-state index contributed by atoms with van der Waals surface area (Å²) >= 11 is 0. The lowest BCUT2D eigenvalue weighted by molar-refractivity contribution is 0.0991. The number of aryl methyl sites for hydroxylation is 1. The minimum absolute atomic E-state index is 0.342. The number of aromatic nitrogens is 2. The molecule has 5 nitrogen and oxygen atoms in total. The van der Waals surface area contributed by atoms with E-state index < -0.39 is 11.9 Å². The summed E-state index contributed by atoms with van der Waals surface area (Å²) in [5, 5.41) is 15.2. The Morgan fingerprint density at radius 1 is 1.06 bits per heavy atom. The van der Waals surface area contributed by atoms with Crippen LogP contribution in [0.4, 0.5) is 8.78 Å². The third-order valence-corrected chi connectivity index (χ3v) is 5.50. The van der Waals surface area contributed by atoms with E-state index >= 15 is 0 Å². The average molecular weight is 458 g/mol. The van der Waals surface area contributed by atoms with Crippen LogP contribution in [-0.4, -0.2) is 39.0 Å². The molecule has 0 fully saturated rings. The lowest BCUT2D eigenvalue weighted by atomic mass is 10.1. The Morgan fingerprint density at radius 3 is 2.48 bits per heavy atom. The number of unbranched alkanes of at least 4 members (excludes halogenated alkanes) is 1. The first-order valence-electron chi connectivity index (χ1n) is 11.6. The quantitative estimate of drug-likeness (QED) is 0.362. The van der Waals surface area contributed by atoms with Gasteiger partial charge in [-0.3, -0.25) is 4.90 Å². The van der Waals surface area contributed by atoms with E-state index in [9.17, 15) is 13.9 Å². The minimum atomic E-state index is -0.406. The number of rotatable bonds is 12. The van der Waals surface area contributed by atoms with Crippen LogP contribution in [0.25, 0.3) is 5.69 Å². The number of benzene rings is 2. The van der Waals surface area contributed by atoms with Gasteiger partial charge in [-0.25, -0.2) is 13.5 Å².